The van der Waals surface area contributed by atoms with Crippen LogP contribution >= 0.6 is 7.82 Å². The maximum atomic E-state index is 12.0. The monoisotopic (exact) mass is 296 g/mol. The molecule has 1 aromatic rings. The molecule has 1 aromatic carbocycles. The fourth-order valence-corrected chi connectivity index (χ4v) is 2.88. The number of carbonyl (C=O) groups is 1. The lowest BCUT2D eigenvalue weighted by Gasteiger charge is -2.32. The zero-order valence-electron chi connectivity index (χ0n) is 11.2. The minimum atomic E-state index is -3.47. The second-order valence-electron chi connectivity index (χ2n) is 4.41. The fraction of sp³-hybridized carbons (Fsp3) is 0.357. The molecule has 0 N–H and O–H groups in total. The van der Waals surface area contributed by atoms with Gasteiger partial charge in [0.25, 0.3) is 0 Å². The molecule has 2 rings (SSSR count). The van der Waals surface area contributed by atoms with Crippen molar-refractivity contribution in [1.82, 2.24) is 0 Å². The van der Waals surface area contributed by atoms with Crippen LogP contribution in [0.5, 0.6) is 5.75 Å². The molecule has 1 aliphatic heterocycles. The van der Waals surface area contributed by atoms with Crippen LogP contribution in [0.4, 0.5) is 0 Å². The fourth-order valence-electron chi connectivity index (χ4n) is 1.68. The molecule has 0 amide bonds. The summed E-state index contributed by atoms with van der Waals surface area (Å²) in [6.07, 6.45) is 5.82. The van der Waals surface area contributed by atoms with Gasteiger partial charge in [-0.15, -0.1) is 0 Å². The second-order valence-corrected chi connectivity index (χ2v) is 5.91. The largest absolute Gasteiger partial charge is 0.535 e. The van der Waals surface area contributed by atoms with Gasteiger partial charge in [-0.25, -0.2) is 13.6 Å². The lowest BCUT2D eigenvalue weighted by atomic mass is 10.2. The first-order valence-corrected chi connectivity index (χ1v) is 7.91. The van der Waals surface area contributed by atoms with Crippen molar-refractivity contribution in [2.45, 2.75) is 32.5 Å². The molecule has 6 heteroatoms. The van der Waals surface area contributed by atoms with E-state index in [2.05, 4.69) is 0 Å². The van der Waals surface area contributed by atoms with Gasteiger partial charge in [-0.1, -0.05) is 24.3 Å². The third kappa shape index (κ3) is 4.04. The molecule has 0 aliphatic carbocycles. The first kappa shape index (κ1) is 15.0. The quantitative estimate of drug-likeness (QED) is 0.331. The number of carbonyl (C=O) groups excluding carboxylic acids is 1. The van der Waals surface area contributed by atoms with Crippen LogP contribution in [-0.2, 0) is 18.4 Å². The summed E-state index contributed by atoms with van der Waals surface area (Å²) in [4.78, 5) is 10.1. The molecule has 0 atom stereocenters. The molecule has 0 bridgehead atoms. The van der Waals surface area contributed by atoms with Gasteiger partial charge in [0.1, 0.15) is 12.0 Å². The smallest absolute Gasteiger partial charge is 0.404 e. The Morgan fingerprint density at radius 2 is 2.05 bits per heavy atom. The van der Waals surface area contributed by atoms with Crippen molar-refractivity contribution < 1.29 is 22.9 Å². The van der Waals surface area contributed by atoms with Crippen LogP contribution in [0.15, 0.2) is 36.4 Å². The molecule has 1 fully saturated rings. The van der Waals surface area contributed by atoms with E-state index in [0.717, 1.165) is 24.7 Å². The average Bonchev–Trinajstić information content (AvgIpc) is 2.39. The molecule has 0 aromatic heterocycles. The zero-order valence-corrected chi connectivity index (χ0v) is 12.1. The van der Waals surface area contributed by atoms with Crippen LogP contribution in [0, 0.1) is 6.92 Å². The summed E-state index contributed by atoms with van der Waals surface area (Å²) >= 11 is 0. The topological polar surface area (TPSA) is 61.8 Å². The summed E-state index contributed by atoms with van der Waals surface area (Å²) in [6, 6.07) is 7.22. The summed E-state index contributed by atoms with van der Waals surface area (Å²) in [5.74, 6) is 0.490. The molecule has 0 saturated carbocycles. The maximum absolute atomic E-state index is 12.0. The van der Waals surface area contributed by atoms with Crippen molar-refractivity contribution in [3.63, 3.8) is 0 Å². The molecular weight excluding hydrogens is 279 g/mol. The predicted molar refractivity (Wildman–Crippen MR) is 74.4 cm³/mol. The van der Waals surface area contributed by atoms with E-state index in [9.17, 15) is 9.36 Å². The minimum Gasteiger partial charge on any atom is -0.404 e. The molecule has 5 nitrogen and oxygen atoms in total. The van der Waals surface area contributed by atoms with Crippen molar-refractivity contribution in [3.8, 4) is 5.75 Å². The number of para-hydroxylation sites is 1. The van der Waals surface area contributed by atoms with Gasteiger partial charge in [0, 0.05) is 6.42 Å². The number of phosphoric acid groups is 1. The van der Waals surface area contributed by atoms with Crippen LogP contribution in [0.1, 0.15) is 24.8 Å². The number of phosphoric ester groups is 1. The van der Waals surface area contributed by atoms with Crippen molar-refractivity contribution in [3.05, 3.63) is 42.0 Å². The number of hydrogen-bond acceptors (Lipinski definition) is 5. The van der Waals surface area contributed by atoms with Gasteiger partial charge in [0.05, 0.1) is 0 Å². The van der Waals surface area contributed by atoms with E-state index in [1.54, 1.807) is 18.2 Å². The number of benzene rings is 1. The third-order valence-corrected chi connectivity index (χ3v) is 4.11. The van der Waals surface area contributed by atoms with Crippen LogP contribution < -0.4 is 4.52 Å². The van der Waals surface area contributed by atoms with Crippen molar-refractivity contribution in [2.75, 3.05) is 0 Å². The molecule has 108 valence electrons. The Balaban J connectivity index is 1.78. The molecule has 0 spiro atoms. The summed E-state index contributed by atoms with van der Waals surface area (Å²) < 4.78 is 27.6. The van der Waals surface area contributed by atoms with Crippen LogP contribution in [0.2, 0.25) is 0 Å². The van der Waals surface area contributed by atoms with Crippen molar-refractivity contribution in [2.24, 2.45) is 0 Å². The Labute approximate surface area is 118 Å². The van der Waals surface area contributed by atoms with Crippen LogP contribution in [0.3, 0.4) is 0 Å². The van der Waals surface area contributed by atoms with Gasteiger partial charge in [0.15, 0.2) is 0 Å². The zero-order chi connectivity index (χ0) is 14.4. The van der Waals surface area contributed by atoms with E-state index in [1.807, 2.05) is 25.1 Å². The SMILES string of the molecule is Cc1ccccc1OP1(=O)OC(/C=C/CCCC=O)O1. The highest BCUT2D eigenvalue weighted by molar-refractivity contribution is 7.50. The third-order valence-electron chi connectivity index (χ3n) is 2.76. The summed E-state index contributed by atoms with van der Waals surface area (Å²) in [5, 5.41) is 0. The number of unbranched alkanes of at least 4 members (excludes halogenated alkanes) is 2. The highest BCUT2D eigenvalue weighted by Crippen LogP contribution is 2.60. The Morgan fingerprint density at radius 1 is 1.30 bits per heavy atom. The molecular formula is C14H17O5P. The van der Waals surface area contributed by atoms with Gasteiger partial charge < -0.3 is 9.32 Å². The number of rotatable bonds is 7. The van der Waals surface area contributed by atoms with Crippen LogP contribution in [0.25, 0.3) is 0 Å². The van der Waals surface area contributed by atoms with Gasteiger partial charge in [0.2, 0.25) is 6.29 Å². The lowest BCUT2D eigenvalue weighted by Crippen LogP contribution is -2.26. The standard InChI is InChI=1S/C14H17O5P/c1-12-8-5-6-9-13(12)17-20(16)18-14(19-20)10-4-2-3-7-11-15/h4-6,8-11,14H,2-3,7H2,1H3/b10-4+. The second kappa shape index (κ2) is 6.84. The van der Waals surface area contributed by atoms with E-state index < -0.39 is 14.1 Å². The van der Waals surface area contributed by atoms with Gasteiger partial charge in [-0.2, -0.15) is 0 Å². The van der Waals surface area contributed by atoms with Crippen molar-refractivity contribution in [1.29, 1.82) is 0 Å². The van der Waals surface area contributed by atoms with Gasteiger partial charge in [-0.05, 0) is 37.5 Å². The minimum absolute atomic E-state index is 0.490. The first-order chi connectivity index (χ1) is 9.63. The Kier molecular flexibility index (Phi) is 5.12. The van der Waals surface area contributed by atoms with E-state index >= 15 is 0 Å². The highest BCUT2D eigenvalue weighted by atomic mass is 31.2. The van der Waals surface area contributed by atoms with Crippen molar-refractivity contribution >= 4 is 14.1 Å². The van der Waals surface area contributed by atoms with E-state index in [1.165, 1.54) is 0 Å². The first-order valence-electron chi connectivity index (χ1n) is 6.45. The predicted octanol–water partition coefficient (Wildman–Crippen LogP) is 3.78. The highest BCUT2D eigenvalue weighted by Gasteiger charge is 2.45. The average molecular weight is 296 g/mol. The molecule has 0 radical (unpaired) electrons. The molecule has 1 aliphatic rings. The number of hydrogen-bond donors (Lipinski definition) is 0. The summed E-state index contributed by atoms with van der Waals surface area (Å²) in [5.41, 5.74) is 0.864. The Hall–Kier alpha value is -1.42. The van der Waals surface area contributed by atoms with Crippen LogP contribution in [-0.4, -0.2) is 12.6 Å². The number of allylic oxidation sites excluding steroid dienone is 1. The number of aldehydes is 1. The van der Waals surface area contributed by atoms with Gasteiger partial charge >= 0.3 is 7.82 Å². The van der Waals surface area contributed by atoms with E-state index in [-0.39, 0.29) is 0 Å². The molecule has 0 unspecified atom stereocenters. The molecule has 1 saturated heterocycles. The van der Waals surface area contributed by atoms with Gasteiger partial charge in [-0.3, -0.25) is 0 Å². The normalized spacial score (nSPS) is 25.4. The molecule has 1 heterocycles. The van der Waals surface area contributed by atoms with E-state index in [0.29, 0.717) is 12.2 Å². The summed E-state index contributed by atoms with van der Waals surface area (Å²) in [6.45, 7) is 1.85. The summed E-state index contributed by atoms with van der Waals surface area (Å²) in [7, 11) is -3.47. The Morgan fingerprint density at radius 3 is 2.75 bits per heavy atom. The lowest BCUT2D eigenvalue weighted by molar-refractivity contribution is -0.107. The maximum Gasteiger partial charge on any atom is 0.535 e. The number of aryl methyl sites for hydroxylation is 1. The Bertz CT molecular complexity index is 530. The molecule has 20 heavy (non-hydrogen) atoms. The van der Waals surface area contributed by atoms with E-state index in [4.69, 9.17) is 13.6 Å².